The van der Waals surface area contributed by atoms with E-state index < -0.39 is 11.9 Å². The smallest absolute Gasteiger partial charge is 0.304 e. The number of hydrogen-bond acceptors (Lipinski definition) is 6. The average molecular weight is 463 g/mol. The van der Waals surface area contributed by atoms with Crippen LogP contribution in [0.5, 0.6) is 11.5 Å². The Bertz CT molecular complexity index is 1190. The monoisotopic (exact) mass is 462 g/mol. The molecule has 4 rings (SSSR count). The summed E-state index contributed by atoms with van der Waals surface area (Å²) in [6.07, 6.45) is 4.44. The summed E-state index contributed by atoms with van der Waals surface area (Å²) in [6.45, 7) is 1.92. The zero-order valence-electron chi connectivity index (χ0n) is 18.7. The Morgan fingerprint density at radius 1 is 1.18 bits per heavy atom. The number of hydrogen-bond donors (Lipinski definition) is 1. The summed E-state index contributed by atoms with van der Waals surface area (Å²) in [5.41, 5.74) is 2.54. The fourth-order valence-corrected chi connectivity index (χ4v) is 4.62. The van der Waals surface area contributed by atoms with Crippen molar-refractivity contribution in [3.05, 3.63) is 58.6 Å². The topological polar surface area (TPSA) is 81.5 Å². The molecule has 1 saturated carbocycles. The molecular weight excluding hydrogens is 436 g/mol. The number of aryl methyl sites for hydroxylation is 1. The third-order valence-corrected chi connectivity index (χ3v) is 6.48. The number of nitrogens with zero attached hydrogens (tertiary/aromatic N) is 2. The summed E-state index contributed by atoms with van der Waals surface area (Å²) in [5, 5.41) is 19.5. The van der Waals surface area contributed by atoms with Gasteiger partial charge in [0.25, 0.3) is 0 Å². The normalized spacial score (nSPS) is 14.4. The van der Waals surface area contributed by atoms with Crippen molar-refractivity contribution in [3.8, 4) is 33.9 Å². The van der Waals surface area contributed by atoms with Gasteiger partial charge in [-0.2, -0.15) is 0 Å². The lowest BCUT2D eigenvalue weighted by atomic mass is 9.95. The molecule has 7 heteroatoms. The number of benzene rings is 2. The van der Waals surface area contributed by atoms with Crippen molar-refractivity contribution in [2.75, 3.05) is 7.11 Å². The first kappa shape index (κ1) is 22.8. The van der Waals surface area contributed by atoms with Crippen molar-refractivity contribution in [3.63, 3.8) is 0 Å². The first-order chi connectivity index (χ1) is 16.0. The first-order valence-electron chi connectivity index (χ1n) is 11.0. The summed E-state index contributed by atoms with van der Waals surface area (Å²) in [4.78, 5) is 11.6. The number of rotatable bonds is 7. The molecular formula is C26H26N2O4S. The minimum absolute atomic E-state index is 0.0997. The molecule has 1 aliphatic rings. The van der Waals surface area contributed by atoms with E-state index in [9.17, 15) is 9.90 Å². The van der Waals surface area contributed by atoms with E-state index in [1.165, 1.54) is 11.3 Å². The SMILES string of the molecule is COc1ccc(C(C#Cc2cccc(-c3nnc(C)s3)c2)CC(=O)O)cc1OC1CCCC1. The lowest BCUT2D eigenvalue weighted by molar-refractivity contribution is -0.137. The van der Waals surface area contributed by atoms with E-state index in [-0.39, 0.29) is 12.5 Å². The molecule has 3 aromatic rings. The van der Waals surface area contributed by atoms with Gasteiger partial charge in [-0.1, -0.05) is 41.4 Å². The van der Waals surface area contributed by atoms with E-state index in [0.29, 0.717) is 11.5 Å². The van der Waals surface area contributed by atoms with Crippen molar-refractivity contribution in [2.45, 2.75) is 51.0 Å². The summed E-state index contributed by atoms with van der Waals surface area (Å²) >= 11 is 1.52. The molecule has 1 aliphatic carbocycles. The Balaban J connectivity index is 1.62. The molecule has 1 aromatic heterocycles. The van der Waals surface area contributed by atoms with Crippen LogP contribution < -0.4 is 9.47 Å². The molecule has 0 aliphatic heterocycles. The fourth-order valence-electron chi connectivity index (χ4n) is 3.93. The van der Waals surface area contributed by atoms with Gasteiger partial charge >= 0.3 is 5.97 Å². The fraction of sp³-hybridized carbons (Fsp3) is 0.346. The number of carbonyl (C=O) groups is 1. The molecule has 2 aromatic carbocycles. The van der Waals surface area contributed by atoms with Crippen molar-refractivity contribution in [2.24, 2.45) is 0 Å². The molecule has 0 radical (unpaired) electrons. The van der Waals surface area contributed by atoms with Crippen LogP contribution in [0.1, 0.15) is 54.2 Å². The minimum Gasteiger partial charge on any atom is -0.493 e. The second-order valence-electron chi connectivity index (χ2n) is 8.06. The summed E-state index contributed by atoms with van der Waals surface area (Å²) < 4.78 is 11.7. The highest BCUT2D eigenvalue weighted by molar-refractivity contribution is 7.14. The molecule has 1 heterocycles. The summed E-state index contributed by atoms with van der Waals surface area (Å²) in [6, 6.07) is 13.3. The maximum absolute atomic E-state index is 11.6. The van der Waals surface area contributed by atoms with Crippen LogP contribution in [0.15, 0.2) is 42.5 Å². The maximum Gasteiger partial charge on any atom is 0.304 e. The molecule has 0 saturated heterocycles. The number of carboxylic acid groups (broad SMARTS) is 1. The number of ether oxygens (including phenoxy) is 2. The molecule has 1 atom stereocenters. The zero-order valence-corrected chi connectivity index (χ0v) is 19.5. The number of aromatic nitrogens is 2. The largest absolute Gasteiger partial charge is 0.493 e. The van der Waals surface area contributed by atoms with Gasteiger partial charge in [-0.25, -0.2) is 0 Å². The number of methoxy groups -OCH3 is 1. The van der Waals surface area contributed by atoms with E-state index in [2.05, 4.69) is 22.0 Å². The van der Waals surface area contributed by atoms with Gasteiger partial charge in [-0.15, -0.1) is 10.2 Å². The van der Waals surface area contributed by atoms with Gasteiger partial charge in [0.15, 0.2) is 11.5 Å². The van der Waals surface area contributed by atoms with Crippen LogP contribution in [0.4, 0.5) is 0 Å². The predicted octanol–water partition coefficient (Wildman–Crippen LogP) is 5.45. The van der Waals surface area contributed by atoms with Crippen LogP contribution in [0.3, 0.4) is 0 Å². The van der Waals surface area contributed by atoms with Gasteiger partial charge < -0.3 is 14.6 Å². The molecule has 6 nitrogen and oxygen atoms in total. The van der Waals surface area contributed by atoms with Crippen LogP contribution in [-0.2, 0) is 4.79 Å². The zero-order chi connectivity index (χ0) is 23.2. The van der Waals surface area contributed by atoms with Crippen molar-refractivity contribution in [1.29, 1.82) is 0 Å². The molecule has 170 valence electrons. The Morgan fingerprint density at radius 3 is 2.70 bits per heavy atom. The third kappa shape index (κ3) is 5.91. The van der Waals surface area contributed by atoms with Crippen molar-refractivity contribution >= 4 is 17.3 Å². The number of aliphatic carboxylic acids is 1. The Kier molecular flexibility index (Phi) is 7.26. The molecule has 33 heavy (non-hydrogen) atoms. The molecule has 1 unspecified atom stereocenters. The second-order valence-corrected chi connectivity index (χ2v) is 9.24. The van der Waals surface area contributed by atoms with E-state index >= 15 is 0 Å². The number of carboxylic acids is 1. The summed E-state index contributed by atoms with van der Waals surface area (Å²) in [7, 11) is 1.61. The molecule has 1 fully saturated rings. The highest BCUT2D eigenvalue weighted by Gasteiger charge is 2.21. The Hall–Kier alpha value is -3.37. The quantitative estimate of drug-likeness (QED) is 0.470. The molecule has 0 bridgehead atoms. The highest BCUT2D eigenvalue weighted by atomic mass is 32.1. The van der Waals surface area contributed by atoms with E-state index in [0.717, 1.165) is 52.4 Å². The van der Waals surface area contributed by atoms with Crippen LogP contribution in [-0.4, -0.2) is 34.5 Å². The standard InChI is InChI=1S/C26H26N2O4S/c1-17-27-28-26(33-17)21-7-5-6-18(14-21)10-11-20(16-25(29)30)19-12-13-23(31-2)24(15-19)32-22-8-3-4-9-22/h5-7,12-15,20,22H,3-4,8-9,16H2,1-2H3,(H,29,30). The van der Waals surface area contributed by atoms with E-state index in [1.807, 2.05) is 49.4 Å². The third-order valence-electron chi connectivity index (χ3n) is 5.59. The first-order valence-corrected chi connectivity index (χ1v) is 11.8. The van der Waals surface area contributed by atoms with E-state index in [1.54, 1.807) is 7.11 Å². The van der Waals surface area contributed by atoms with Gasteiger partial charge in [-0.05, 0) is 62.4 Å². The van der Waals surface area contributed by atoms with Gasteiger partial charge in [-0.3, -0.25) is 4.79 Å². The lowest BCUT2D eigenvalue weighted by Crippen LogP contribution is -2.12. The maximum atomic E-state index is 11.6. The van der Waals surface area contributed by atoms with Crippen LogP contribution in [0.2, 0.25) is 0 Å². The molecule has 0 spiro atoms. The van der Waals surface area contributed by atoms with Crippen LogP contribution >= 0.6 is 11.3 Å². The lowest BCUT2D eigenvalue weighted by Gasteiger charge is -2.18. The Morgan fingerprint density at radius 2 is 2.00 bits per heavy atom. The average Bonchev–Trinajstić information content (AvgIpc) is 3.48. The van der Waals surface area contributed by atoms with Crippen molar-refractivity contribution < 1.29 is 19.4 Å². The van der Waals surface area contributed by atoms with Gasteiger partial charge in [0.2, 0.25) is 0 Å². The second kappa shape index (κ2) is 10.5. The predicted molar refractivity (Wildman–Crippen MR) is 128 cm³/mol. The summed E-state index contributed by atoms with van der Waals surface area (Å²) in [5.74, 6) is 6.23. The van der Waals surface area contributed by atoms with E-state index in [4.69, 9.17) is 9.47 Å². The Labute approximate surface area is 197 Å². The highest BCUT2D eigenvalue weighted by Crippen LogP contribution is 2.35. The van der Waals surface area contributed by atoms with Gasteiger partial charge in [0, 0.05) is 11.1 Å². The van der Waals surface area contributed by atoms with Crippen LogP contribution in [0.25, 0.3) is 10.6 Å². The minimum atomic E-state index is -0.901. The molecule has 0 amide bonds. The molecule has 1 N–H and O–H groups in total. The van der Waals surface area contributed by atoms with Gasteiger partial charge in [0.05, 0.1) is 25.6 Å². The van der Waals surface area contributed by atoms with Crippen molar-refractivity contribution in [1.82, 2.24) is 10.2 Å². The van der Waals surface area contributed by atoms with Crippen LogP contribution in [0, 0.1) is 18.8 Å². The van der Waals surface area contributed by atoms with Gasteiger partial charge in [0.1, 0.15) is 10.0 Å².